The first kappa shape index (κ1) is 15.0. The molecule has 100 valence electrons. The van der Waals surface area contributed by atoms with Crippen molar-refractivity contribution in [2.24, 2.45) is 0 Å². The summed E-state index contributed by atoms with van der Waals surface area (Å²) in [5.41, 5.74) is 0.805. The Kier molecular flexibility index (Phi) is 5.62. The third kappa shape index (κ3) is 3.71. The molecule has 18 heavy (non-hydrogen) atoms. The van der Waals surface area contributed by atoms with Gasteiger partial charge in [0.15, 0.2) is 0 Å². The molecule has 0 aliphatic heterocycles. The molecule has 2 N–H and O–H groups in total. The highest BCUT2D eigenvalue weighted by molar-refractivity contribution is 7.99. The highest BCUT2D eigenvalue weighted by Crippen LogP contribution is 2.13. The van der Waals surface area contributed by atoms with Crippen LogP contribution in [0.1, 0.15) is 22.8 Å². The first-order chi connectivity index (χ1) is 8.49. The third-order valence-electron chi connectivity index (χ3n) is 2.77. The van der Waals surface area contributed by atoms with Crippen LogP contribution in [0.15, 0.2) is 18.2 Å². The largest absolute Gasteiger partial charge is 0.395 e. The monoisotopic (exact) mass is 271 g/mol. The predicted molar refractivity (Wildman–Crippen MR) is 72.5 cm³/mol. The van der Waals surface area contributed by atoms with Gasteiger partial charge in [0.2, 0.25) is 0 Å². The van der Waals surface area contributed by atoms with E-state index in [2.05, 4.69) is 5.32 Å². The molecule has 0 saturated heterocycles. The van der Waals surface area contributed by atoms with E-state index in [0.29, 0.717) is 0 Å². The molecule has 1 aromatic carbocycles. The van der Waals surface area contributed by atoms with Crippen molar-refractivity contribution in [1.82, 2.24) is 5.32 Å². The quantitative estimate of drug-likeness (QED) is 0.861. The van der Waals surface area contributed by atoms with Crippen molar-refractivity contribution in [2.45, 2.75) is 25.1 Å². The molecule has 0 bridgehead atoms. The van der Waals surface area contributed by atoms with Crippen molar-refractivity contribution in [1.29, 1.82) is 0 Å². The van der Waals surface area contributed by atoms with Gasteiger partial charge in [0.1, 0.15) is 5.82 Å². The molecular formula is C13H18FNO2S. The molecule has 0 aliphatic rings. The lowest BCUT2D eigenvalue weighted by molar-refractivity contribution is 0.0932. The number of thioether (sulfide) groups is 1. The number of aliphatic hydroxyl groups excluding tert-OH is 1. The third-order valence-corrected chi connectivity index (χ3v) is 3.93. The fraction of sp³-hybridized carbons (Fsp3) is 0.462. The normalized spacial score (nSPS) is 14.1. The maximum atomic E-state index is 13.6. The van der Waals surface area contributed by atoms with Crippen LogP contribution in [0.3, 0.4) is 0 Å². The minimum atomic E-state index is -0.524. The van der Waals surface area contributed by atoms with Gasteiger partial charge in [-0.15, -0.1) is 0 Å². The van der Waals surface area contributed by atoms with Crippen LogP contribution in [0.5, 0.6) is 0 Å². The molecule has 1 aromatic rings. The summed E-state index contributed by atoms with van der Waals surface area (Å²) in [5, 5.41) is 11.7. The summed E-state index contributed by atoms with van der Waals surface area (Å²) in [4.78, 5) is 11.9. The molecule has 0 aliphatic carbocycles. The molecule has 3 nitrogen and oxygen atoms in total. The van der Waals surface area contributed by atoms with Crippen LogP contribution < -0.4 is 5.32 Å². The van der Waals surface area contributed by atoms with E-state index in [4.69, 9.17) is 5.11 Å². The molecule has 1 amide bonds. The summed E-state index contributed by atoms with van der Waals surface area (Å²) < 4.78 is 13.6. The van der Waals surface area contributed by atoms with Gasteiger partial charge < -0.3 is 10.4 Å². The number of halogens is 1. The van der Waals surface area contributed by atoms with Gasteiger partial charge >= 0.3 is 0 Å². The van der Waals surface area contributed by atoms with E-state index in [1.54, 1.807) is 19.9 Å². The molecule has 0 spiro atoms. The number of carbonyl (C=O) groups is 1. The van der Waals surface area contributed by atoms with Crippen molar-refractivity contribution in [3.63, 3.8) is 0 Å². The van der Waals surface area contributed by atoms with Crippen LogP contribution in [-0.4, -0.2) is 35.2 Å². The number of amides is 1. The van der Waals surface area contributed by atoms with Gasteiger partial charge in [0.25, 0.3) is 5.91 Å². The molecule has 2 unspecified atom stereocenters. The number of aryl methyl sites for hydroxylation is 1. The lowest BCUT2D eigenvalue weighted by Gasteiger charge is -2.21. The van der Waals surface area contributed by atoms with Gasteiger partial charge in [-0.2, -0.15) is 11.8 Å². The second-order valence-corrected chi connectivity index (χ2v) is 5.28. The maximum Gasteiger partial charge on any atom is 0.254 e. The molecule has 0 fully saturated rings. The first-order valence-corrected chi connectivity index (χ1v) is 6.99. The van der Waals surface area contributed by atoms with E-state index in [1.807, 2.05) is 6.26 Å². The zero-order chi connectivity index (χ0) is 13.7. The molecule has 0 heterocycles. The number of carbonyl (C=O) groups excluding carboxylic acids is 1. The predicted octanol–water partition coefficient (Wildman–Crippen LogP) is 1.98. The standard InChI is InChI=1S/C13H18FNO2S/c1-8-4-5-10(11(14)6-8)13(17)15-9(2)12(7-16)18-3/h4-6,9,12,16H,7H2,1-3H3,(H,15,17). The molecular weight excluding hydrogens is 253 g/mol. The average molecular weight is 271 g/mol. The Hall–Kier alpha value is -1.07. The lowest BCUT2D eigenvalue weighted by Crippen LogP contribution is -2.41. The van der Waals surface area contributed by atoms with Crippen LogP contribution in [0.2, 0.25) is 0 Å². The second-order valence-electron chi connectivity index (χ2n) is 4.20. The van der Waals surface area contributed by atoms with E-state index in [0.717, 1.165) is 5.56 Å². The summed E-state index contributed by atoms with van der Waals surface area (Å²) in [5.74, 6) is -0.975. The van der Waals surface area contributed by atoms with Gasteiger partial charge in [-0.25, -0.2) is 4.39 Å². The van der Waals surface area contributed by atoms with Gasteiger partial charge in [0.05, 0.1) is 12.2 Å². The van der Waals surface area contributed by atoms with Crippen molar-refractivity contribution >= 4 is 17.7 Å². The minimum Gasteiger partial charge on any atom is -0.395 e. The van der Waals surface area contributed by atoms with Gasteiger partial charge in [-0.3, -0.25) is 4.79 Å². The molecule has 0 aromatic heterocycles. The summed E-state index contributed by atoms with van der Waals surface area (Å²) in [7, 11) is 0. The number of rotatable bonds is 5. The van der Waals surface area contributed by atoms with Crippen LogP contribution >= 0.6 is 11.8 Å². The van der Waals surface area contributed by atoms with Crippen LogP contribution in [0.4, 0.5) is 4.39 Å². The number of hydrogen-bond acceptors (Lipinski definition) is 3. The molecule has 2 atom stereocenters. The van der Waals surface area contributed by atoms with Gasteiger partial charge in [0, 0.05) is 11.3 Å². The highest BCUT2D eigenvalue weighted by Gasteiger charge is 2.19. The summed E-state index contributed by atoms with van der Waals surface area (Å²) in [6.45, 7) is 3.53. The summed E-state index contributed by atoms with van der Waals surface area (Å²) >= 11 is 1.46. The van der Waals surface area contributed by atoms with Crippen LogP contribution in [-0.2, 0) is 0 Å². The SMILES string of the molecule is CSC(CO)C(C)NC(=O)c1ccc(C)cc1F. The van der Waals surface area contributed by atoms with E-state index < -0.39 is 11.7 Å². The van der Waals surface area contributed by atoms with Crippen molar-refractivity contribution in [3.8, 4) is 0 Å². The van der Waals surface area contributed by atoms with E-state index in [9.17, 15) is 9.18 Å². The number of nitrogens with one attached hydrogen (secondary N) is 1. The summed E-state index contributed by atoms with van der Waals surface area (Å²) in [6.07, 6.45) is 1.86. The molecule has 5 heteroatoms. The van der Waals surface area contributed by atoms with E-state index in [1.165, 1.54) is 23.9 Å². The Morgan fingerprint density at radius 3 is 2.72 bits per heavy atom. The van der Waals surface area contributed by atoms with Crippen LogP contribution in [0.25, 0.3) is 0 Å². The van der Waals surface area contributed by atoms with Crippen molar-refractivity contribution in [2.75, 3.05) is 12.9 Å². The Morgan fingerprint density at radius 2 is 2.22 bits per heavy atom. The van der Waals surface area contributed by atoms with Crippen molar-refractivity contribution in [3.05, 3.63) is 35.1 Å². The van der Waals surface area contributed by atoms with Gasteiger partial charge in [-0.05, 0) is 37.8 Å². The number of benzene rings is 1. The fourth-order valence-corrected chi connectivity index (χ4v) is 2.24. The number of aliphatic hydroxyl groups is 1. The lowest BCUT2D eigenvalue weighted by atomic mass is 10.1. The smallest absolute Gasteiger partial charge is 0.254 e. The highest BCUT2D eigenvalue weighted by atomic mass is 32.2. The Bertz CT molecular complexity index is 421. The molecule has 1 rings (SSSR count). The first-order valence-electron chi connectivity index (χ1n) is 5.70. The second kappa shape index (κ2) is 6.75. The molecule has 0 radical (unpaired) electrons. The Morgan fingerprint density at radius 1 is 1.56 bits per heavy atom. The van der Waals surface area contributed by atoms with Gasteiger partial charge in [-0.1, -0.05) is 6.07 Å². The fourth-order valence-electron chi connectivity index (χ4n) is 1.62. The Labute approximate surface area is 111 Å². The van der Waals surface area contributed by atoms with Crippen LogP contribution in [0, 0.1) is 12.7 Å². The van der Waals surface area contributed by atoms with E-state index >= 15 is 0 Å². The maximum absolute atomic E-state index is 13.6. The van der Waals surface area contributed by atoms with E-state index in [-0.39, 0.29) is 23.5 Å². The Balaban J connectivity index is 2.76. The molecule has 0 saturated carbocycles. The topological polar surface area (TPSA) is 49.3 Å². The zero-order valence-electron chi connectivity index (χ0n) is 10.7. The number of hydrogen-bond donors (Lipinski definition) is 2. The zero-order valence-corrected chi connectivity index (χ0v) is 11.6. The minimum absolute atomic E-state index is 0.0288. The van der Waals surface area contributed by atoms with Crippen molar-refractivity contribution < 1.29 is 14.3 Å². The average Bonchev–Trinajstić information content (AvgIpc) is 2.30. The summed E-state index contributed by atoms with van der Waals surface area (Å²) in [6, 6.07) is 4.27.